The Hall–Kier alpha value is -1.39. The Kier molecular flexibility index (Phi) is 6.67. The van der Waals surface area contributed by atoms with E-state index in [2.05, 4.69) is 22.8 Å². The van der Waals surface area contributed by atoms with E-state index < -0.39 is 0 Å². The van der Waals surface area contributed by atoms with Gasteiger partial charge in [-0.2, -0.15) is 0 Å². The summed E-state index contributed by atoms with van der Waals surface area (Å²) >= 11 is 0. The maximum Gasteiger partial charge on any atom is 0.251 e. The zero-order valence-electron chi connectivity index (χ0n) is 14.6. The second-order valence-electron chi connectivity index (χ2n) is 7.06. The lowest BCUT2D eigenvalue weighted by atomic mass is 9.90. The van der Waals surface area contributed by atoms with Crippen LogP contribution in [0.25, 0.3) is 0 Å². The molecule has 0 radical (unpaired) electrons. The van der Waals surface area contributed by atoms with Crippen molar-refractivity contribution in [2.75, 3.05) is 26.2 Å². The highest BCUT2D eigenvalue weighted by molar-refractivity contribution is 5.94. The van der Waals surface area contributed by atoms with Crippen molar-refractivity contribution in [2.45, 2.75) is 57.0 Å². The van der Waals surface area contributed by atoms with Gasteiger partial charge >= 0.3 is 0 Å². The molecule has 2 aliphatic rings. The molecule has 0 bridgehead atoms. The molecule has 132 valence electrons. The van der Waals surface area contributed by atoms with E-state index in [0.29, 0.717) is 18.6 Å². The molecule has 1 aliphatic heterocycles. The van der Waals surface area contributed by atoms with E-state index >= 15 is 0 Å². The Bertz CT molecular complexity index is 520. The summed E-state index contributed by atoms with van der Waals surface area (Å²) in [5, 5.41) is 6.46. The van der Waals surface area contributed by atoms with Gasteiger partial charge in [-0.1, -0.05) is 25.0 Å². The van der Waals surface area contributed by atoms with Crippen molar-refractivity contribution in [3.8, 4) is 0 Å². The van der Waals surface area contributed by atoms with Crippen LogP contribution in [-0.4, -0.2) is 38.3 Å². The van der Waals surface area contributed by atoms with Crippen molar-refractivity contribution in [3.05, 3.63) is 35.4 Å². The molecule has 4 nitrogen and oxygen atoms in total. The number of carbonyl (C=O) groups excluding carboxylic acids is 1. The van der Waals surface area contributed by atoms with E-state index in [1.54, 1.807) is 0 Å². The number of piperidine rings is 1. The molecule has 1 aromatic carbocycles. The molecule has 1 aromatic rings. The molecule has 24 heavy (non-hydrogen) atoms. The second kappa shape index (κ2) is 9.19. The van der Waals surface area contributed by atoms with Gasteiger partial charge in [-0.15, -0.1) is 0 Å². The lowest BCUT2D eigenvalue weighted by Crippen LogP contribution is -2.29. The average molecular weight is 330 g/mol. The molecule has 1 saturated carbocycles. The Balaban J connectivity index is 1.41. The Morgan fingerprint density at radius 3 is 2.88 bits per heavy atom. The van der Waals surface area contributed by atoms with Crippen LogP contribution < -0.4 is 10.6 Å². The zero-order valence-corrected chi connectivity index (χ0v) is 14.6. The number of carbonyl (C=O) groups is 1. The van der Waals surface area contributed by atoms with Crippen molar-refractivity contribution in [1.82, 2.24) is 10.6 Å². The molecule has 0 unspecified atom stereocenters. The molecule has 2 fully saturated rings. The van der Waals surface area contributed by atoms with Crippen LogP contribution in [0.15, 0.2) is 24.3 Å². The van der Waals surface area contributed by atoms with E-state index in [-0.39, 0.29) is 5.91 Å². The smallest absolute Gasteiger partial charge is 0.251 e. The third-order valence-electron chi connectivity index (χ3n) is 5.18. The molecule has 1 aliphatic carbocycles. The topological polar surface area (TPSA) is 50.4 Å². The van der Waals surface area contributed by atoms with Crippen LogP contribution in [-0.2, 0) is 4.74 Å². The lowest BCUT2D eigenvalue weighted by molar-refractivity contribution is 0.0565. The van der Waals surface area contributed by atoms with E-state index in [9.17, 15) is 4.79 Å². The van der Waals surface area contributed by atoms with Crippen LogP contribution in [0.3, 0.4) is 0 Å². The number of ether oxygens (including phenoxy) is 1. The molecule has 1 heterocycles. The van der Waals surface area contributed by atoms with Gasteiger partial charge in [-0.05, 0) is 62.3 Å². The van der Waals surface area contributed by atoms with Crippen LogP contribution in [0.5, 0.6) is 0 Å². The van der Waals surface area contributed by atoms with Crippen LogP contribution in [0, 0.1) is 0 Å². The molecular weight excluding hydrogens is 300 g/mol. The van der Waals surface area contributed by atoms with Gasteiger partial charge in [0.25, 0.3) is 5.91 Å². The number of hydrogen-bond acceptors (Lipinski definition) is 3. The van der Waals surface area contributed by atoms with Crippen LogP contribution >= 0.6 is 0 Å². The Morgan fingerprint density at radius 1 is 1.21 bits per heavy atom. The predicted octanol–water partition coefficient (Wildman–Crippen LogP) is 3.23. The summed E-state index contributed by atoms with van der Waals surface area (Å²) < 4.78 is 5.83. The molecule has 3 rings (SSSR count). The fourth-order valence-corrected chi connectivity index (χ4v) is 3.75. The molecule has 1 atom stereocenters. The second-order valence-corrected chi connectivity index (χ2v) is 7.06. The minimum absolute atomic E-state index is 0.0292. The van der Waals surface area contributed by atoms with Crippen LogP contribution in [0.1, 0.15) is 66.8 Å². The first-order valence-electron chi connectivity index (χ1n) is 9.53. The predicted molar refractivity (Wildman–Crippen MR) is 96.4 cm³/mol. The highest BCUT2D eigenvalue weighted by Crippen LogP contribution is 2.24. The number of hydrogen-bond donors (Lipinski definition) is 2. The largest absolute Gasteiger partial charge is 0.378 e. The zero-order chi connectivity index (χ0) is 16.6. The molecule has 1 amide bonds. The quantitative estimate of drug-likeness (QED) is 0.755. The Labute approximate surface area is 145 Å². The minimum Gasteiger partial charge on any atom is -0.378 e. The third-order valence-corrected chi connectivity index (χ3v) is 5.18. The monoisotopic (exact) mass is 330 g/mol. The minimum atomic E-state index is 0.0292. The molecule has 2 N–H and O–H groups in total. The van der Waals surface area contributed by atoms with Gasteiger partial charge in [0.15, 0.2) is 0 Å². The first kappa shape index (κ1) is 17.4. The highest BCUT2D eigenvalue weighted by atomic mass is 16.5. The van der Waals surface area contributed by atoms with Gasteiger partial charge in [-0.25, -0.2) is 0 Å². The Morgan fingerprint density at radius 2 is 2.08 bits per heavy atom. The number of benzene rings is 1. The summed E-state index contributed by atoms with van der Waals surface area (Å²) in [5.41, 5.74) is 2.05. The van der Waals surface area contributed by atoms with Crippen molar-refractivity contribution >= 4 is 5.91 Å². The first-order valence-corrected chi connectivity index (χ1v) is 9.53. The number of nitrogens with one attached hydrogen (secondary N) is 2. The SMILES string of the molecule is O=C(NCCCOC1CCCC1)c1cccc([C@@H]2CCCNC2)c1. The fraction of sp³-hybridized carbons (Fsp3) is 0.650. The summed E-state index contributed by atoms with van der Waals surface area (Å²) in [6.45, 7) is 3.56. The van der Waals surface area contributed by atoms with E-state index in [0.717, 1.165) is 31.7 Å². The normalized spacial score (nSPS) is 21.8. The molecule has 0 spiro atoms. The first-order chi connectivity index (χ1) is 11.8. The number of rotatable bonds is 7. The van der Waals surface area contributed by atoms with Crippen LogP contribution in [0.2, 0.25) is 0 Å². The van der Waals surface area contributed by atoms with Gasteiger partial charge in [-0.3, -0.25) is 4.79 Å². The molecule has 4 heteroatoms. The number of amides is 1. The van der Waals surface area contributed by atoms with Crippen LogP contribution in [0.4, 0.5) is 0 Å². The average Bonchev–Trinajstić information content (AvgIpc) is 3.15. The maximum absolute atomic E-state index is 12.3. The molecule has 1 saturated heterocycles. The van der Waals surface area contributed by atoms with Crippen molar-refractivity contribution in [2.24, 2.45) is 0 Å². The third kappa shape index (κ3) is 5.05. The molecular formula is C20H30N2O2. The lowest BCUT2D eigenvalue weighted by Gasteiger charge is -2.23. The van der Waals surface area contributed by atoms with E-state index in [4.69, 9.17) is 4.74 Å². The summed E-state index contributed by atoms with van der Waals surface area (Å²) in [5.74, 6) is 0.563. The van der Waals surface area contributed by atoms with Gasteiger partial charge in [0.1, 0.15) is 0 Å². The van der Waals surface area contributed by atoms with E-state index in [1.807, 2.05) is 12.1 Å². The van der Waals surface area contributed by atoms with Crippen molar-refractivity contribution < 1.29 is 9.53 Å². The van der Waals surface area contributed by atoms with Crippen molar-refractivity contribution in [1.29, 1.82) is 0 Å². The van der Waals surface area contributed by atoms with Crippen molar-refractivity contribution in [3.63, 3.8) is 0 Å². The summed E-state index contributed by atoms with van der Waals surface area (Å²) in [7, 11) is 0. The maximum atomic E-state index is 12.3. The van der Waals surface area contributed by atoms with Gasteiger partial charge in [0.05, 0.1) is 6.10 Å². The van der Waals surface area contributed by atoms with Gasteiger partial charge in [0, 0.05) is 25.3 Å². The highest BCUT2D eigenvalue weighted by Gasteiger charge is 2.17. The van der Waals surface area contributed by atoms with Gasteiger partial charge < -0.3 is 15.4 Å². The molecule has 0 aromatic heterocycles. The fourth-order valence-electron chi connectivity index (χ4n) is 3.75. The summed E-state index contributed by atoms with van der Waals surface area (Å²) in [6, 6.07) is 8.11. The summed E-state index contributed by atoms with van der Waals surface area (Å²) in [6.07, 6.45) is 8.77. The van der Waals surface area contributed by atoms with E-state index in [1.165, 1.54) is 44.1 Å². The standard InChI is InChI=1S/C20H30N2O2/c23-20(22-12-5-13-24-19-9-1-2-10-19)17-7-3-6-16(14-17)18-8-4-11-21-15-18/h3,6-7,14,18-19,21H,1-2,4-5,8-13,15H2,(H,22,23)/t18-/m1/s1. The summed E-state index contributed by atoms with van der Waals surface area (Å²) in [4.78, 5) is 12.3. The van der Waals surface area contributed by atoms with Gasteiger partial charge in [0.2, 0.25) is 0 Å².